The summed E-state index contributed by atoms with van der Waals surface area (Å²) in [5, 5.41) is 0. The van der Waals surface area contributed by atoms with Crippen molar-refractivity contribution in [1.29, 1.82) is 0 Å². The molecular formula is C22H25FN3O4+. The molecule has 2 aromatic carbocycles. The molecule has 7 nitrogen and oxygen atoms in total. The van der Waals surface area contributed by atoms with Crippen LogP contribution in [0.15, 0.2) is 42.5 Å². The van der Waals surface area contributed by atoms with E-state index in [4.69, 9.17) is 9.47 Å². The van der Waals surface area contributed by atoms with Crippen LogP contribution in [0.2, 0.25) is 0 Å². The first-order valence-electron chi connectivity index (χ1n) is 9.96. The molecule has 0 bridgehead atoms. The zero-order valence-electron chi connectivity index (χ0n) is 17.1. The predicted octanol–water partition coefficient (Wildman–Crippen LogP) is 0.880. The summed E-state index contributed by atoms with van der Waals surface area (Å²) in [6.45, 7) is 2.59. The van der Waals surface area contributed by atoms with E-state index in [1.54, 1.807) is 30.3 Å². The molecule has 1 atom stereocenters. The first-order chi connectivity index (χ1) is 14.5. The smallest absolute Gasteiger partial charge is 0.292 e. The van der Waals surface area contributed by atoms with Gasteiger partial charge in [0, 0.05) is 6.07 Å². The fraction of sp³-hybridized carbons (Fsp3) is 0.364. The Morgan fingerprint density at radius 2 is 1.70 bits per heavy atom. The second-order valence-electron chi connectivity index (χ2n) is 7.46. The van der Waals surface area contributed by atoms with Crippen molar-refractivity contribution in [3.05, 3.63) is 48.3 Å². The van der Waals surface area contributed by atoms with Gasteiger partial charge in [0.05, 0.1) is 58.2 Å². The van der Waals surface area contributed by atoms with Gasteiger partial charge < -0.3 is 19.3 Å². The Bertz CT molecular complexity index is 959. The van der Waals surface area contributed by atoms with Crippen molar-refractivity contribution in [2.45, 2.75) is 12.5 Å². The second kappa shape index (κ2) is 8.31. The monoisotopic (exact) mass is 414 g/mol. The zero-order chi connectivity index (χ0) is 21.3. The third-order valence-corrected chi connectivity index (χ3v) is 5.86. The van der Waals surface area contributed by atoms with Crippen LogP contribution in [0.4, 0.5) is 15.8 Å². The summed E-state index contributed by atoms with van der Waals surface area (Å²) >= 11 is 0. The van der Waals surface area contributed by atoms with E-state index in [0.29, 0.717) is 49.1 Å². The predicted molar refractivity (Wildman–Crippen MR) is 110 cm³/mol. The number of para-hydroxylation sites is 1. The maximum absolute atomic E-state index is 14.1. The van der Waals surface area contributed by atoms with Crippen LogP contribution in [0, 0.1) is 5.82 Å². The molecule has 4 rings (SSSR count). The van der Waals surface area contributed by atoms with Gasteiger partial charge >= 0.3 is 0 Å². The van der Waals surface area contributed by atoms with Crippen molar-refractivity contribution in [3.8, 4) is 11.5 Å². The van der Waals surface area contributed by atoms with Gasteiger partial charge in [-0.1, -0.05) is 12.1 Å². The number of nitrogens with zero attached hydrogens (tertiary/aromatic N) is 2. The van der Waals surface area contributed by atoms with Crippen LogP contribution in [-0.2, 0) is 9.59 Å². The van der Waals surface area contributed by atoms with E-state index < -0.39 is 6.04 Å². The van der Waals surface area contributed by atoms with Gasteiger partial charge in [-0.25, -0.2) is 9.29 Å². The van der Waals surface area contributed by atoms with Gasteiger partial charge in [-0.05, 0) is 24.3 Å². The van der Waals surface area contributed by atoms with Crippen molar-refractivity contribution in [2.24, 2.45) is 0 Å². The molecule has 2 aromatic rings. The molecule has 1 N–H and O–H groups in total. The fourth-order valence-corrected chi connectivity index (χ4v) is 4.28. The van der Waals surface area contributed by atoms with Crippen molar-refractivity contribution in [2.75, 3.05) is 50.2 Å². The van der Waals surface area contributed by atoms with Crippen LogP contribution in [0.25, 0.3) is 0 Å². The molecule has 0 aromatic heterocycles. The van der Waals surface area contributed by atoms with E-state index in [1.807, 2.05) is 11.0 Å². The van der Waals surface area contributed by atoms with Crippen molar-refractivity contribution in [1.82, 2.24) is 0 Å². The molecule has 2 aliphatic heterocycles. The fourth-order valence-electron chi connectivity index (χ4n) is 4.28. The maximum Gasteiger partial charge on any atom is 0.292 e. The number of imide groups is 1. The molecule has 2 aliphatic rings. The van der Waals surface area contributed by atoms with Gasteiger partial charge in [0.25, 0.3) is 5.91 Å². The van der Waals surface area contributed by atoms with Crippen LogP contribution in [0.1, 0.15) is 6.42 Å². The molecule has 0 aliphatic carbocycles. The largest absolute Gasteiger partial charge is 0.493 e. The summed E-state index contributed by atoms with van der Waals surface area (Å²) in [4.78, 5) is 30.1. The first-order valence-corrected chi connectivity index (χ1v) is 9.96. The number of hydrogen-bond donors (Lipinski definition) is 1. The van der Waals surface area contributed by atoms with Crippen LogP contribution in [-0.4, -0.2) is 58.3 Å². The Labute approximate surface area is 174 Å². The lowest BCUT2D eigenvalue weighted by Crippen LogP contribution is -3.19. The molecule has 0 spiro atoms. The number of anilines is 2. The molecule has 2 saturated heterocycles. The molecule has 30 heavy (non-hydrogen) atoms. The molecule has 0 saturated carbocycles. The summed E-state index contributed by atoms with van der Waals surface area (Å²) < 4.78 is 24.6. The average molecular weight is 414 g/mol. The van der Waals surface area contributed by atoms with Crippen LogP contribution in [0.3, 0.4) is 0 Å². The highest BCUT2D eigenvalue weighted by molar-refractivity contribution is 6.22. The number of methoxy groups -OCH3 is 2. The number of ether oxygens (including phenoxy) is 2. The third kappa shape index (κ3) is 3.59. The van der Waals surface area contributed by atoms with Gasteiger partial charge in [0.1, 0.15) is 5.82 Å². The molecule has 8 heteroatoms. The first kappa shape index (κ1) is 20.2. The second-order valence-corrected chi connectivity index (χ2v) is 7.46. The minimum absolute atomic E-state index is 0.169. The molecule has 0 radical (unpaired) electrons. The number of halogens is 1. The number of amides is 2. The number of carbonyl (C=O) groups excluding carboxylic acids is 2. The molecule has 158 valence electrons. The number of hydrogen-bond acceptors (Lipinski definition) is 5. The van der Waals surface area contributed by atoms with E-state index in [2.05, 4.69) is 0 Å². The number of quaternary nitrogens is 1. The Morgan fingerprint density at radius 3 is 2.37 bits per heavy atom. The summed E-state index contributed by atoms with van der Waals surface area (Å²) in [6.07, 6.45) is 0.169. The van der Waals surface area contributed by atoms with Crippen molar-refractivity contribution < 1.29 is 28.4 Å². The Balaban J connectivity index is 1.47. The van der Waals surface area contributed by atoms with Crippen molar-refractivity contribution >= 4 is 23.2 Å². The summed E-state index contributed by atoms with van der Waals surface area (Å²) in [5.41, 5.74) is 1.06. The minimum atomic E-state index is -0.423. The van der Waals surface area contributed by atoms with Gasteiger partial charge in [0.15, 0.2) is 17.5 Å². The van der Waals surface area contributed by atoms with E-state index in [1.165, 1.54) is 25.2 Å². The normalized spacial score (nSPS) is 20.0. The Kier molecular flexibility index (Phi) is 5.59. The lowest BCUT2D eigenvalue weighted by molar-refractivity contribution is -0.915. The highest BCUT2D eigenvalue weighted by atomic mass is 19.1. The maximum atomic E-state index is 14.1. The quantitative estimate of drug-likeness (QED) is 0.736. The van der Waals surface area contributed by atoms with E-state index in [9.17, 15) is 14.0 Å². The van der Waals surface area contributed by atoms with Crippen molar-refractivity contribution in [3.63, 3.8) is 0 Å². The van der Waals surface area contributed by atoms with Gasteiger partial charge in [-0.2, -0.15) is 0 Å². The summed E-state index contributed by atoms with van der Waals surface area (Å²) in [7, 11) is 3.04. The molecule has 2 amide bonds. The molecular weight excluding hydrogens is 389 g/mol. The third-order valence-electron chi connectivity index (χ3n) is 5.86. The van der Waals surface area contributed by atoms with E-state index in [-0.39, 0.29) is 24.1 Å². The molecule has 2 heterocycles. The number of piperazine rings is 1. The topological polar surface area (TPSA) is 63.5 Å². The highest BCUT2D eigenvalue weighted by Gasteiger charge is 2.46. The number of carbonyl (C=O) groups is 2. The average Bonchev–Trinajstić information content (AvgIpc) is 3.07. The lowest BCUT2D eigenvalue weighted by atomic mass is 10.1. The van der Waals surface area contributed by atoms with E-state index in [0.717, 1.165) is 4.90 Å². The van der Waals surface area contributed by atoms with Gasteiger partial charge in [0.2, 0.25) is 5.91 Å². The zero-order valence-corrected chi connectivity index (χ0v) is 17.1. The SMILES string of the molecule is COc1ccc(N2C(=O)C[C@@H]([NH+]3CCN(c4ccccc4F)CC3)C2=O)cc1OC. The van der Waals surface area contributed by atoms with Crippen LogP contribution >= 0.6 is 0 Å². The lowest BCUT2D eigenvalue weighted by Gasteiger charge is -2.35. The van der Waals surface area contributed by atoms with Crippen LogP contribution in [0.5, 0.6) is 11.5 Å². The van der Waals surface area contributed by atoms with Gasteiger partial charge in [-0.15, -0.1) is 0 Å². The van der Waals surface area contributed by atoms with Gasteiger partial charge in [-0.3, -0.25) is 9.59 Å². The van der Waals surface area contributed by atoms with E-state index >= 15 is 0 Å². The molecule has 2 fully saturated rings. The number of benzene rings is 2. The minimum Gasteiger partial charge on any atom is -0.493 e. The number of rotatable bonds is 5. The molecule has 0 unspecified atom stereocenters. The Morgan fingerprint density at radius 1 is 1.00 bits per heavy atom. The summed E-state index contributed by atoms with van der Waals surface area (Å²) in [5.74, 6) is 0.326. The van der Waals surface area contributed by atoms with Crippen LogP contribution < -0.4 is 24.2 Å². The summed E-state index contributed by atoms with van der Waals surface area (Å²) in [6, 6.07) is 11.3. The Hall–Kier alpha value is -3.13. The standard InChI is InChI=1S/C22H24FN3O4/c1-29-19-8-7-15(13-20(19)30-2)26-21(27)14-18(22(26)28)25-11-9-24(10-12-25)17-6-4-3-5-16(17)23/h3-8,13,18H,9-12,14H2,1-2H3/p+1/t18-/m1/s1. The highest BCUT2D eigenvalue weighted by Crippen LogP contribution is 2.33. The number of nitrogens with one attached hydrogen (secondary N) is 1.